The number of benzene rings is 2. The maximum atomic E-state index is 12.9. The van der Waals surface area contributed by atoms with Gasteiger partial charge in [0, 0.05) is 26.1 Å². The van der Waals surface area contributed by atoms with Gasteiger partial charge >= 0.3 is 5.91 Å². The Hall–Kier alpha value is -2.29. The molecule has 1 aromatic heterocycles. The first-order chi connectivity index (χ1) is 13.5. The quantitative estimate of drug-likeness (QED) is 0.290. The first-order valence-electron chi connectivity index (χ1n) is 8.19. The van der Waals surface area contributed by atoms with Gasteiger partial charge in [-0.15, -0.1) is 11.3 Å². The highest BCUT2D eigenvalue weighted by Gasteiger charge is 2.47. The van der Waals surface area contributed by atoms with Gasteiger partial charge in [-0.05, 0) is 29.8 Å². The normalized spacial score (nSPS) is 18.6. The molecule has 1 amide bonds. The van der Waals surface area contributed by atoms with Crippen molar-refractivity contribution in [2.45, 2.75) is 6.04 Å². The summed E-state index contributed by atoms with van der Waals surface area (Å²) >= 11 is 8.05. The molecule has 4 rings (SSSR count). The SMILES string of the molecule is O=C1C(=O)N(c2nccs2)[C@@H](c2cccc(Br)c2)C1=C(O)c1ccc(Br)cc1. The molecule has 0 saturated carbocycles. The highest BCUT2D eigenvalue weighted by atomic mass is 79.9. The van der Waals surface area contributed by atoms with Crippen LogP contribution in [-0.4, -0.2) is 21.8 Å². The third-order valence-electron chi connectivity index (χ3n) is 4.35. The Balaban J connectivity index is 1.95. The fourth-order valence-electron chi connectivity index (χ4n) is 3.12. The minimum Gasteiger partial charge on any atom is -0.507 e. The molecule has 8 heteroatoms. The highest BCUT2D eigenvalue weighted by Crippen LogP contribution is 2.43. The highest BCUT2D eigenvalue weighted by molar-refractivity contribution is 9.10. The van der Waals surface area contributed by atoms with Crippen molar-refractivity contribution in [2.24, 2.45) is 0 Å². The fraction of sp³-hybridized carbons (Fsp3) is 0.0500. The van der Waals surface area contributed by atoms with Crippen LogP contribution in [0.5, 0.6) is 0 Å². The third kappa shape index (κ3) is 3.32. The molecule has 0 bridgehead atoms. The summed E-state index contributed by atoms with van der Waals surface area (Å²) in [7, 11) is 0. The molecule has 3 aromatic rings. The molecule has 0 spiro atoms. The van der Waals surface area contributed by atoms with Gasteiger partial charge in [0.1, 0.15) is 5.76 Å². The standard InChI is InChI=1S/C20H12Br2N2O3S/c21-13-6-4-11(5-7-13)17(25)15-16(12-2-1-3-14(22)10-12)24(19(27)18(15)26)20-23-8-9-28-20/h1-10,16,25H/t16-/m0/s1. The average Bonchev–Trinajstić information content (AvgIpc) is 3.29. The lowest BCUT2D eigenvalue weighted by Crippen LogP contribution is -2.29. The van der Waals surface area contributed by atoms with Crippen molar-refractivity contribution < 1.29 is 14.7 Å². The second-order valence-electron chi connectivity index (χ2n) is 6.05. The van der Waals surface area contributed by atoms with E-state index in [0.717, 1.165) is 8.95 Å². The second-order valence-corrected chi connectivity index (χ2v) is 8.75. The van der Waals surface area contributed by atoms with E-state index in [9.17, 15) is 14.7 Å². The summed E-state index contributed by atoms with van der Waals surface area (Å²) in [5.74, 6) is -1.66. The zero-order valence-corrected chi connectivity index (χ0v) is 18.2. The van der Waals surface area contributed by atoms with Crippen LogP contribution >= 0.6 is 43.2 Å². The summed E-state index contributed by atoms with van der Waals surface area (Å²) in [5.41, 5.74) is 1.20. The zero-order chi connectivity index (χ0) is 19.8. The van der Waals surface area contributed by atoms with Crippen LogP contribution in [0.1, 0.15) is 17.2 Å². The van der Waals surface area contributed by atoms with Gasteiger partial charge < -0.3 is 5.11 Å². The van der Waals surface area contributed by atoms with E-state index in [1.165, 1.54) is 16.2 Å². The maximum Gasteiger partial charge on any atom is 0.301 e. The molecular weight excluding hydrogens is 508 g/mol. The van der Waals surface area contributed by atoms with Crippen molar-refractivity contribution in [3.8, 4) is 0 Å². The summed E-state index contributed by atoms with van der Waals surface area (Å²) < 4.78 is 1.65. The molecule has 1 fully saturated rings. The molecular formula is C20H12Br2N2O3S. The summed E-state index contributed by atoms with van der Waals surface area (Å²) in [4.78, 5) is 31.3. The lowest BCUT2D eigenvalue weighted by Gasteiger charge is -2.23. The Bertz CT molecular complexity index is 1090. The fourth-order valence-corrected chi connectivity index (χ4v) is 4.47. The average molecular weight is 520 g/mol. The van der Waals surface area contributed by atoms with Crippen LogP contribution in [-0.2, 0) is 9.59 Å². The van der Waals surface area contributed by atoms with Crippen molar-refractivity contribution in [3.63, 3.8) is 0 Å². The van der Waals surface area contributed by atoms with Crippen LogP contribution < -0.4 is 4.90 Å². The van der Waals surface area contributed by atoms with Crippen LogP contribution in [0.25, 0.3) is 5.76 Å². The minimum atomic E-state index is -0.771. The molecule has 1 atom stereocenters. The van der Waals surface area contributed by atoms with Gasteiger partial charge in [-0.1, -0.05) is 56.1 Å². The topological polar surface area (TPSA) is 70.5 Å². The van der Waals surface area contributed by atoms with Gasteiger partial charge in [0.2, 0.25) is 0 Å². The van der Waals surface area contributed by atoms with Crippen LogP contribution in [0, 0.1) is 0 Å². The van der Waals surface area contributed by atoms with Gasteiger partial charge in [-0.3, -0.25) is 14.5 Å². The van der Waals surface area contributed by atoms with Gasteiger partial charge in [0.25, 0.3) is 5.78 Å². The van der Waals surface area contributed by atoms with Crippen LogP contribution in [0.3, 0.4) is 0 Å². The number of carbonyl (C=O) groups excluding carboxylic acids is 2. The molecule has 1 N–H and O–H groups in total. The number of halogens is 2. The van der Waals surface area contributed by atoms with Crippen LogP contribution in [0.15, 0.2) is 74.6 Å². The van der Waals surface area contributed by atoms with Crippen molar-refractivity contribution >= 4 is 65.8 Å². The first kappa shape index (κ1) is 19.0. The number of anilines is 1. The lowest BCUT2D eigenvalue weighted by atomic mass is 9.95. The van der Waals surface area contributed by atoms with Crippen molar-refractivity contribution in [2.75, 3.05) is 4.90 Å². The smallest absolute Gasteiger partial charge is 0.301 e. The molecule has 2 heterocycles. The minimum absolute atomic E-state index is 0.0422. The Morgan fingerprint density at radius 1 is 1.07 bits per heavy atom. The van der Waals surface area contributed by atoms with E-state index < -0.39 is 17.7 Å². The van der Waals surface area contributed by atoms with Crippen molar-refractivity contribution in [1.82, 2.24) is 4.98 Å². The monoisotopic (exact) mass is 518 g/mol. The van der Waals surface area contributed by atoms with E-state index in [4.69, 9.17) is 0 Å². The molecule has 2 aromatic carbocycles. The lowest BCUT2D eigenvalue weighted by molar-refractivity contribution is -0.132. The molecule has 1 aliphatic heterocycles. The number of carbonyl (C=O) groups is 2. The molecule has 0 radical (unpaired) electrons. The summed E-state index contributed by atoms with van der Waals surface area (Å²) in [6, 6.07) is 13.5. The van der Waals surface area contributed by atoms with E-state index in [0.29, 0.717) is 16.3 Å². The van der Waals surface area contributed by atoms with Crippen molar-refractivity contribution in [3.05, 3.63) is 85.8 Å². The Kier molecular flexibility index (Phi) is 5.18. The third-order valence-corrected chi connectivity index (χ3v) is 6.14. The molecule has 28 heavy (non-hydrogen) atoms. The number of amides is 1. The van der Waals surface area contributed by atoms with Crippen molar-refractivity contribution in [1.29, 1.82) is 0 Å². The van der Waals surface area contributed by atoms with Gasteiger partial charge in [-0.25, -0.2) is 4.98 Å². The molecule has 0 aliphatic carbocycles. The van der Waals surface area contributed by atoms with E-state index >= 15 is 0 Å². The number of hydrogen-bond acceptors (Lipinski definition) is 5. The predicted octanol–water partition coefficient (Wildman–Crippen LogP) is 5.29. The molecule has 1 aliphatic rings. The number of rotatable bonds is 3. The Morgan fingerprint density at radius 3 is 2.46 bits per heavy atom. The van der Waals surface area contributed by atoms with Crippen LogP contribution in [0.4, 0.5) is 5.13 Å². The number of hydrogen-bond donors (Lipinski definition) is 1. The van der Waals surface area contributed by atoms with E-state index in [-0.39, 0.29) is 11.3 Å². The predicted molar refractivity (Wildman–Crippen MR) is 115 cm³/mol. The number of ketones is 1. The zero-order valence-electron chi connectivity index (χ0n) is 14.2. The summed E-state index contributed by atoms with van der Waals surface area (Å²) in [6.07, 6.45) is 1.58. The molecule has 0 unspecified atom stereocenters. The van der Waals surface area contributed by atoms with Gasteiger partial charge in [0.15, 0.2) is 5.13 Å². The van der Waals surface area contributed by atoms with E-state index in [1.807, 2.05) is 24.3 Å². The maximum absolute atomic E-state index is 12.9. The molecule has 5 nitrogen and oxygen atoms in total. The summed E-state index contributed by atoms with van der Waals surface area (Å²) in [6.45, 7) is 0. The number of nitrogens with zero attached hydrogens (tertiary/aromatic N) is 2. The Labute approximate surface area is 181 Å². The molecule has 1 saturated heterocycles. The number of aromatic nitrogens is 1. The number of aliphatic hydroxyl groups excluding tert-OH is 1. The van der Waals surface area contributed by atoms with E-state index in [2.05, 4.69) is 36.8 Å². The molecule has 140 valence electrons. The largest absolute Gasteiger partial charge is 0.507 e. The van der Waals surface area contributed by atoms with Gasteiger partial charge in [-0.2, -0.15) is 0 Å². The number of aliphatic hydroxyl groups is 1. The van der Waals surface area contributed by atoms with Crippen LogP contribution in [0.2, 0.25) is 0 Å². The number of Topliss-reactive ketones (excluding diaryl/α,β-unsaturated/α-hetero) is 1. The summed E-state index contributed by atoms with van der Waals surface area (Å²) in [5, 5.41) is 13.1. The number of thiazole rings is 1. The first-order valence-corrected chi connectivity index (χ1v) is 10.7. The van der Waals surface area contributed by atoms with E-state index in [1.54, 1.807) is 35.8 Å². The second kappa shape index (κ2) is 7.62. The Morgan fingerprint density at radius 2 is 1.82 bits per heavy atom. The van der Waals surface area contributed by atoms with Gasteiger partial charge in [0.05, 0.1) is 11.6 Å².